The van der Waals surface area contributed by atoms with Crippen LogP contribution in [0.4, 0.5) is 5.69 Å². The summed E-state index contributed by atoms with van der Waals surface area (Å²) >= 11 is 5.81. The molecule has 2 aromatic rings. The molecule has 0 radical (unpaired) electrons. The molecule has 1 aliphatic rings. The first kappa shape index (κ1) is 12.1. The van der Waals surface area contributed by atoms with Crippen molar-refractivity contribution in [3.05, 3.63) is 44.6 Å². The maximum absolute atomic E-state index is 10.9. The van der Waals surface area contributed by atoms with E-state index in [0.29, 0.717) is 5.56 Å². The molecule has 0 atom stereocenters. The van der Waals surface area contributed by atoms with Gasteiger partial charge in [-0.05, 0) is 6.07 Å². The number of nitrogens with one attached hydrogen (secondary N) is 2. The van der Waals surface area contributed by atoms with Crippen LogP contribution >= 0.6 is 11.6 Å². The van der Waals surface area contributed by atoms with Gasteiger partial charge in [-0.25, -0.2) is 0 Å². The minimum absolute atomic E-state index is 0.0975. The van der Waals surface area contributed by atoms with E-state index in [-0.39, 0.29) is 10.7 Å². The predicted molar refractivity (Wildman–Crippen MR) is 71.1 cm³/mol. The van der Waals surface area contributed by atoms with Gasteiger partial charge in [-0.3, -0.25) is 15.2 Å². The molecule has 0 aliphatic carbocycles. The number of aromatic amines is 1. The molecule has 2 N–H and O–H groups in total. The molecule has 7 heteroatoms. The minimum Gasteiger partial charge on any atom is -0.312 e. The third-order valence-electron chi connectivity index (χ3n) is 3.22. The molecule has 0 saturated carbocycles. The van der Waals surface area contributed by atoms with Crippen LogP contribution in [0.5, 0.6) is 0 Å². The average molecular weight is 279 g/mol. The van der Waals surface area contributed by atoms with Gasteiger partial charge in [0.2, 0.25) is 0 Å². The van der Waals surface area contributed by atoms with Crippen LogP contribution in [0.3, 0.4) is 0 Å². The van der Waals surface area contributed by atoms with Crippen molar-refractivity contribution >= 4 is 17.3 Å². The van der Waals surface area contributed by atoms with Gasteiger partial charge in [0.15, 0.2) is 0 Å². The molecular weight excluding hydrogens is 268 g/mol. The zero-order valence-electron chi connectivity index (χ0n) is 9.94. The van der Waals surface area contributed by atoms with Crippen molar-refractivity contribution < 1.29 is 4.92 Å². The van der Waals surface area contributed by atoms with Gasteiger partial charge in [0.1, 0.15) is 5.02 Å². The first-order valence-electron chi connectivity index (χ1n) is 5.88. The third-order valence-corrected chi connectivity index (χ3v) is 3.54. The Morgan fingerprint density at radius 3 is 3.05 bits per heavy atom. The number of nitro groups is 1. The van der Waals surface area contributed by atoms with E-state index in [0.717, 1.165) is 36.5 Å². The normalized spacial score (nSPS) is 14.2. The summed E-state index contributed by atoms with van der Waals surface area (Å²) in [6.07, 6.45) is 0.887. The van der Waals surface area contributed by atoms with Crippen molar-refractivity contribution in [2.24, 2.45) is 0 Å². The van der Waals surface area contributed by atoms with E-state index >= 15 is 0 Å². The van der Waals surface area contributed by atoms with Gasteiger partial charge in [-0.1, -0.05) is 17.7 Å². The molecule has 19 heavy (non-hydrogen) atoms. The molecule has 98 valence electrons. The number of rotatable bonds is 2. The molecule has 6 nitrogen and oxygen atoms in total. The molecule has 0 fully saturated rings. The molecule has 1 aromatic heterocycles. The summed E-state index contributed by atoms with van der Waals surface area (Å²) in [7, 11) is 0. The highest BCUT2D eigenvalue weighted by Crippen LogP contribution is 2.32. The van der Waals surface area contributed by atoms with Gasteiger partial charge in [0, 0.05) is 42.4 Å². The first-order chi connectivity index (χ1) is 9.16. The zero-order valence-corrected chi connectivity index (χ0v) is 10.7. The number of hydrogen-bond acceptors (Lipinski definition) is 4. The highest BCUT2D eigenvalue weighted by atomic mass is 35.5. The summed E-state index contributed by atoms with van der Waals surface area (Å²) in [6.45, 7) is 1.63. The highest BCUT2D eigenvalue weighted by molar-refractivity contribution is 6.32. The largest absolute Gasteiger partial charge is 0.312 e. The van der Waals surface area contributed by atoms with Crippen molar-refractivity contribution in [1.29, 1.82) is 0 Å². The highest BCUT2D eigenvalue weighted by Gasteiger charge is 2.20. The Balaban J connectivity index is 2.10. The van der Waals surface area contributed by atoms with Crippen LogP contribution in [-0.2, 0) is 13.0 Å². The van der Waals surface area contributed by atoms with Crippen molar-refractivity contribution in [3.63, 3.8) is 0 Å². The lowest BCUT2D eigenvalue weighted by atomic mass is 10.0. The van der Waals surface area contributed by atoms with Gasteiger partial charge >= 0.3 is 0 Å². The monoisotopic (exact) mass is 278 g/mol. The fourth-order valence-electron chi connectivity index (χ4n) is 2.26. The Kier molecular flexibility index (Phi) is 2.96. The summed E-state index contributed by atoms with van der Waals surface area (Å²) in [6, 6.07) is 4.75. The Bertz CT molecular complexity index is 653. The summed E-state index contributed by atoms with van der Waals surface area (Å²) in [5, 5.41) is 21.6. The fraction of sp³-hybridized carbons (Fsp3) is 0.250. The van der Waals surface area contributed by atoms with E-state index < -0.39 is 4.92 Å². The van der Waals surface area contributed by atoms with E-state index in [4.69, 9.17) is 11.6 Å². The van der Waals surface area contributed by atoms with Gasteiger partial charge in [0.05, 0.1) is 10.6 Å². The van der Waals surface area contributed by atoms with Crippen molar-refractivity contribution in [1.82, 2.24) is 15.5 Å². The minimum atomic E-state index is -0.483. The number of hydrogen-bond donors (Lipinski definition) is 2. The number of nitro benzene ring substituents is 1. The number of fused-ring (bicyclic) bond motifs is 1. The zero-order chi connectivity index (χ0) is 13.4. The summed E-state index contributed by atoms with van der Waals surface area (Å²) < 4.78 is 0. The van der Waals surface area contributed by atoms with Gasteiger partial charge in [0.25, 0.3) is 5.69 Å². The van der Waals surface area contributed by atoms with E-state index in [1.165, 1.54) is 12.1 Å². The smallest absolute Gasteiger partial charge is 0.288 e. The Morgan fingerprint density at radius 2 is 2.26 bits per heavy atom. The number of benzene rings is 1. The SMILES string of the molecule is O=[N+]([O-])c1cc(-c2n[nH]c3c2CNCC3)ccc1Cl. The van der Waals surface area contributed by atoms with Crippen LogP contribution in [-0.4, -0.2) is 21.7 Å². The van der Waals surface area contributed by atoms with Crippen LogP contribution in [0, 0.1) is 10.1 Å². The Labute approximate surface area is 113 Å². The lowest BCUT2D eigenvalue weighted by molar-refractivity contribution is -0.384. The summed E-state index contributed by atoms with van der Waals surface area (Å²) in [5.74, 6) is 0. The Hall–Kier alpha value is -1.92. The van der Waals surface area contributed by atoms with Crippen LogP contribution in [0.25, 0.3) is 11.3 Å². The summed E-state index contributed by atoms with van der Waals surface area (Å²) in [4.78, 5) is 10.4. The third kappa shape index (κ3) is 2.09. The molecule has 0 bridgehead atoms. The molecule has 0 saturated heterocycles. The number of halogens is 1. The van der Waals surface area contributed by atoms with Crippen LogP contribution in [0.1, 0.15) is 11.3 Å². The second-order valence-corrected chi connectivity index (χ2v) is 4.79. The second-order valence-electron chi connectivity index (χ2n) is 4.38. The standard InChI is InChI=1S/C12H11ClN4O2/c13-9-2-1-7(5-11(9)17(18)19)12-8-6-14-4-3-10(8)15-16-12/h1-2,5,14H,3-4,6H2,(H,15,16). The number of H-pyrrole nitrogens is 1. The Morgan fingerprint density at radius 1 is 1.42 bits per heavy atom. The van der Waals surface area contributed by atoms with Crippen molar-refractivity contribution in [2.45, 2.75) is 13.0 Å². The quantitative estimate of drug-likeness (QED) is 0.652. The molecule has 0 amide bonds. The van der Waals surface area contributed by atoms with Gasteiger partial charge in [-0.15, -0.1) is 0 Å². The topological polar surface area (TPSA) is 83.8 Å². The van der Waals surface area contributed by atoms with E-state index in [2.05, 4.69) is 15.5 Å². The lowest BCUT2D eigenvalue weighted by Crippen LogP contribution is -2.23. The number of nitrogens with zero attached hydrogens (tertiary/aromatic N) is 2. The van der Waals surface area contributed by atoms with E-state index in [1.54, 1.807) is 6.07 Å². The predicted octanol–water partition coefficient (Wildman–Crippen LogP) is 2.28. The number of aromatic nitrogens is 2. The summed E-state index contributed by atoms with van der Waals surface area (Å²) in [5.41, 5.74) is 3.52. The maximum Gasteiger partial charge on any atom is 0.288 e. The van der Waals surface area contributed by atoms with Crippen LogP contribution in [0.15, 0.2) is 18.2 Å². The first-order valence-corrected chi connectivity index (χ1v) is 6.26. The van der Waals surface area contributed by atoms with Crippen molar-refractivity contribution in [2.75, 3.05) is 6.54 Å². The second kappa shape index (κ2) is 4.64. The van der Waals surface area contributed by atoms with Gasteiger partial charge in [-0.2, -0.15) is 5.10 Å². The van der Waals surface area contributed by atoms with Crippen molar-refractivity contribution in [3.8, 4) is 11.3 Å². The van der Waals surface area contributed by atoms with E-state index in [1.807, 2.05) is 0 Å². The maximum atomic E-state index is 10.9. The van der Waals surface area contributed by atoms with Gasteiger partial charge < -0.3 is 5.32 Å². The van der Waals surface area contributed by atoms with Crippen LogP contribution in [0.2, 0.25) is 5.02 Å². The fourth-order valence-corrected chi connectivity index (χ4v) is 2.45. The molecule has 1 aromatic carbocycles. The average Bonchev–Trinajstić information content (AvgIpc) is 2.83. The van der Waals surface area contributed by atoms with E-state index in [9.17, 15) is 10.1 Å². The molecule has 1 aliphatic heterocycles. The molecule has 3 rings (SSSR count). The molecule has 0 unspecified atom stereocenters. The molecule has 0 spiro atoms. The molecular formula is C12H11ClN4O2. The molecule has 2 heterocycles. The van der Waals surface area contributed by atoms with Crippen LogP contribution < -0.4 is 5.32 Å². The lowest BCUT2D eigenvalue weighted by Gasteiger charge is -2.13.